The van der Waals surface area contributed by atoms with Crippen LogP contribution in [0, 0.1) is 5.41 Å². The smallest absolute Gasteiger partial charge is 0.191 e. The van der Waals surface area contributed by atoms with Gasteiger partial charge in [-0.15, -0.1) is 0 Å². The van der Waals surface area contributed by atoms with E-state index in [1.54, 1.807) is 0 Å². The van der Waals surface area contributed by atoms with Crippen LogP contribution in [-0.2, 0) is 13.6 Å². The molecule has 0 spiro atoms. The van der Waals surface area contributed by atoms with Crippen LogP contribution in [0.4, 0.5) is 0 Å². The summed E-state index contributed by atoms with van der Waals surface area (Å²) in [6.07, 6.45) is 7.07. The normalized spacial score (nSPS) is 17.2. The molecule has 6 heteroatoms. The summed E-state index contributed by atoms with van der Waals surface area (Å²) >= 11 is 0. The maximum absolute atomic E-state index is 9.52. The first-order valence-corrected chi connectivity index (χ1v) is 10.2. The average molecular weight is 372 g/mol. The molecule has 2 aromatic rings. The number of fused-ring (bicyclic) bond motifs is 1. The van der Waals surface area contributed by atoms with Crippen LogP contribution in [-0.4, -0.2) is 40.3 Å². The highest BCUT2D eigenvalue weighted by molar-refractivity contribution is 5.80. The Labute approximate surface area is 162 Å². The second-order valence-corrected chi connectivity index (χ2v) is 7.66. The van der Waals surface area contributed by atoms with E-state index in [-0.39, 0.29) is 12.0 Å². The minimum atomic E-state index is 0.196. The molecule has 1 saturated carbocycles. The molecule has 1 heterocycles. The third-order valence-electron chi connectivity index (χ3n) is 5.79. The molecule has 3 N–H and O–H groups in total. The predicted octanol–water partition coefficient (Wildman–Crippen LogP) is 2.96. The Morgan fingerprint density at radius 2 is 2.00 bits per heavy atom. The molecule has 1 aliphatic rings. The number of aliphatic imine (C=N–C) groups is 1. The quantitative estimate of drug-likeness (QED) is 0.517. The van der Waals surface area contributed by atoms with E-state index >= 15 is 0 Å². The first-order valence-electron chi connectivity index (χ1n) is 10.2. The van der Waals surface area contributed by atoms with Gasteiger partial charge in [-0.05, 0) is 43.7 Å². The van der Waals surface area contributed by atoms with E-state index in [1.807, 2.05) is 25.2 Å². The van der Waals surface area contributed by atoms with Crippen LogP contribution < -0.4 is 10.6 Å². The molecule has 27 heavy (non-hydrogen) atoms. The Hall–Kier alpha value is -2.08. The van der Waals surface area contributed by atoms with Crippen molar-refractivity contribution in [2.75, 3.05) is 19.7 Å². The molecule has 1 fully saturated rings. The minimum Gasteiger partial charge on any atom is -0.396 e. The Morgan fingerprint density at radius 3 is 2.70 bits per heavy atom. The SMILES string of the molecule is CCNC(=NCc1nc2ccccc2n1C)NCC1(CCO)CCCCC1. The van der Waals surface area contributed by atoms with Crippen LogP contribution in [0.1, 0.15) is 51.3 Å². The molecule has 3 rings (SSSR count). The van der Waals surface area contributed by atoms with Crippen molar-refractivity contribution in [3.05, 3.63) is 30.1 Å². The van der Waals surface area contributed by atoms with Gasteiger partial charge in [-0.1, -0.05) is 31.4 Å². The van der Waals surface area contributed by atoms with Crippen LogP contribution in [0.25, 0.3) is 11.0 Å². The molecule has 0 aliphatic heterocycles. The van der Waals surface area contributed by atoms with Crippen LogP contribution >= 0.6 is 0 Å². The number of aromatic nitrogens is 2. The van der Waals surface area contributed by atoms with Gasteiger partial charge in [-0.2, -0.15) is 0 Å². The van der Waals surface area contributed by atoms with Gasteiger partial charge in [0.2, 0.25) is 0 Å². The highest BCUT2D eigenvalue weighted by atomic mass is 16.3. The number of rotatable bonds is 7. The van der Waals surface area contributed by atoms with Crippen molar-refractivity contribution in [1.82, 2.24) is 20.2 Å². The first kappa shape index (κ1) is 19.7. The minimum absolute atomic E-state index is 0.196. The molecule has 6 nitrogen and oxygen atoms in total. The number of hydrogen-bond acceptors (Lipinski definition) is 3. The van der Waals surface area contributed by atoms with Crippen molar-refractivity contribution >= 4 is 17.0 Å². The maximum Gasteiger partial charge on any atom is 0.191 e. The molecule has 0 unspecified atom stereocenters. The molecular formula is C21H33N5O. The highest BCUT2D eigenvalue weighted by Crippen LogP contribution is 2.38. The maximum atomic E-state index is 9.52. The van der Waals surface area contributed by atoms with Gasteiger partial charge in [0, 0.05) is 26.7 Å². The van der Waals surface area contributed by atoms with Gasteiger partial charge in [0.25, 0.3) is 0 Å². The van der Waals surface area contributed by atoms with Crippen molar-refractivity contribution < 1.29 is 5.11 Å². The van der Waals surface area contributed by atoms with Crippen molar-refractivity contribution in [3.63, 3.8) is 0 Å². The summed E-state index contributed by atoms with van der Waals surface area (Å²) in [4.78, 5) is 9.47. The second kappa shape index (κ2) is 9.22. The van der Waals surface area contributed by atoms with Gasteiger partial charge >= 0.3 is 0 Å². The fourth-order valence-corrected chi connectivity index (χ4v) is 4.15. The Kier molecular flexibility index (Phi) is 6.72. The van der Waals surface area contributed by atoms with E-state index in [0.29, 0.717) is 6.54 Å². The van der Waals surface area contributed by atoms with E-state index in [2.05, 4.69) is 28.2 Å². The fraction of sp³-hybridized carbons (Fsp3) is 0.619. The third kappa shape index (κ3) is 4.80. The lowest BCUT2D eigenvalue weighted by Crippen LogP contribution is -2.45. The molecular weight excluding hydrogens is 338 g/mol. The molecule has 0 amide bonds. The van der Waals surface area contributed by atoms with E-state index in [0.717, 1.165) is 42.3 Å². The van der Waals surface area contributed by atoms with E-state index in [4.69, 9.17) is 9.98 Å². The summed E-state index contributed by atoms with van der Waals surface area (Å²) in [5.41, 5.74) is 2.33. The molecule has 1 aromatic carbocycles. The highest BCUT2D eigenvalue weighted by Gasteiger charge is 2.31. The number of nitrogens with zero attached hydrogens (tertiary/aromatic N) is 3. The zero-order valence-electron chi connectivity index (χ0n) is 16.7. The lowest BCUT2D eigenvalue weighted by molar-refractivity contribution is 0.131. The average Bonchev–Trinajstić information content (AvgIpc) is 3.01. The molecule has 0 atom stereocenters. The Balaban J connectivity index is 1.69. The van der Waals surface area contributed by atoms with Gasteiger partial charge in [-0.25, -0.2) is 9.98 Å². The number of para-hydroxylation sites is 2. The topological polar surface area (TPSA) is 74.5 Å². The molecule has 0 bridgehead atoms. The van der Waals surface area contributed by atoms with Crippen LogP contribution in [0.3, 0.4) is 0 Å². The molecule has 148 valence electrons. The van der Waals surface area contributed by atoms with Crippen LogP contribution in [0.2, 0.25) is 0 Å². The standard InChI is InChI=1S/C21H33N5O/c1-3-22-20(24-16-21(13-14-27)11-7-4-8-12-21)23-15-19-25-17-9-5-6-10-18(17)26(19)2/h5-6,9-10,27H,3-4,7-8,11-16H2,1-2H3,(H2,22,23,24). The summed E-state index contributed by atoms with van der Waals surface area (Å²) < 4.78 is 2.11. The number of nitrogens with one attached hydrogen (secondary N) is 2. The second-order valence-electron chi connectivity index (χ2n) is 7.66. The van der Waals surface area contributed by atoms with Gasteiger partial charge < -0.3 is 20.3 Å². The zero-order chi connectivity index (χ0) is 19.1. The number of hydrogen-bond donors (Lipinski definition) is 3. The molecule has 0 radical (unpaired) electrons. The number of benzene rings is 1. The largest absolute Gasteiger partial charge is 0.396 e. The van der Waals surface area contributed by atoms with Crippen molar-refractivity contribution in [3.8, 4) is 0 Å². The van der Waals surface area contributed by atoms with Crippen molar-refractivity contribution in [2.24, 2.45) is 17.5 Å². The predicted molar refractivity (Wildman–Crippen MR) is 111 cm³/mol. The third-order valence-corrected chi connectivity index (χ3v) is 5.79. The fourth-order valence-electron chi connectivity index (χ4n) is 4.15. The van der Waals surface area contributed by atoms with Crippen molar-refractivity contribution in [1.29, 1.82) is 0 Å². The number of aryl methyl sites for hydroxylation is 1. The number of guanidine groups is 1. The lowest BCUT2D eigenvalue weighted by Gasteiger charge is -2.37. The summed E-state index contributed by atoms with van der Waals surface area (Å²) in [5, 5.41) is 16.4. The number of aliphatic hydroxyl groups excluding tert-OH is 1. The summed E-state index contributed by atoms with van der Waals surface area (Å²) in [5.74, 6) is 1.78. The lowest BCUT2D eigenvalue weighted by atomic mass is 9.72. The van der Waals surface area contributed by atoms with Crippen LogP contribution in [0.15, 0.2) is 29.3 Å². The van der Waals surface area contributed by atoms with E-state index < -0.39 is 0 Å². The van der Waals surface area contributed by atoms with E-state index in [1.165, 1.54) is 32.1 Å². The van der Waals surface area contributed by atoms with Gasteiger partial charge in [0.05, 0.1) is 11.0 Å². The molecule has 0 saturated heterocycles. The Bertz CT molecular complexity index is 756. The summed E-state index contributed by atoms with van der Waals surface area (Å²) in [6.45, 7) is 4.56. The van der Waals surface area contributed by atoms with E-state index in [9.17, 15) is 5.11 Å². The van der Waals surface area contributed by atoms with Crippen LogP contribution in [0.5, 0.6) is 0 Å². The number of imidazole rings is 1. The number of aliphatic hydroxyl groups is 1. The van der Waals surface area contributed by atoms with Crippen molar-refractivity contribution in [2.45, 2.75) is 52.0 Å². The summed E-state index contributed by atoms with van der Waals surface area (Å²) in [6, 6.07) is 8.17. The summed E-state index contributed by atoms with van der Waals surface area (Å²) in [7, 11) is 2.04. The van der Waals surface area contributed by atoms with Gasteiger partial charge in [-0.3, -0.25) is 0 Å². The Morgan fingerprint density at radius 1 is 1.22 bits per heavy atom. The molecule has 1 aromatic heterocycles. The first-order chi connectivity index (χ1) is 13.2. The van der Waals surface area contributed by atoms with Gasteiger partial charge in [0.15, 0.2) is 5.96 Å². The monoisotopic (exact) mass is 371 g/mol. The zero-order valence-corrected chi connectivity index (χ0v) is 16.7. The van der Waals surface area contributed by atoms with Gasteiger partial charge in [0.1, 0.15) is 12.4 Å². The molecule has 1 aliphatic carbocycles.